The Kier molecular flexibility index (Phi) is 6.67. The molecule has 2 heterocycles. The molecule has 1 aliphatic heterocycles. The molecule has 1 fully saturated rings. The Labute approximate surface area is 135 Å². The number of nitrogens with zero attached hydrogens (tertiary/aromatic N) is 3. The first-order valence-electron chi connectivity index (χ1n) is 7.81. The lowest BCUT2D eigenvalue weighted by atomic mass is 10.0. The number of likely N-dealkylation sites (N-methyl/N-ethyl adjacent to an activating group) is 1. The number of halogens is 1. The smallest absolute Gasteiger partial charge is 0.0694 e. The van der Waals surface area contributed by atoms with E-state index in [4.69, 9.17) is 10.5 Å². The van der Waals surface area contributed by atoms with E-state index in [9.17, 15) is 0 Å². The highest BCUT2D eigenvalue weighted by molar-refractivity contribution is 9.10. The molecule has 120 valence electrons. The first kappa shape index (κ1) is 16.9. The third-order valence-corrected chi connectivity index (χ3v) is 4.63. The van der Waals surface area contributed by atoms with Gasteiger partial charge in [-0.05, 0) is 62.1 Å². The minimum atomic E-state index is 0.00886. The van der Waals surface area contributed by atoms with Gasteiger partial charge in [0.2, 0.25) is 0 Å². The van der Waals surface area contributed by atoms with Crippen LogP contribution in [0.1, 0.15) is 43.8 Å². The molecule has 1 aliphatic rings. The van der Waals surface area contributed by atoms with Crippen LogP contribution in [0.3, 0.4) is 0 Å². The van der Waals surface area contributed by atoms with Crippen molar-refractivity contribution in [3.05, 3.63) is 16.4 Å². The highest BCUT2D eigenvalue weighted by Crippen LogP contribution is 2.27. The number of ether oxygens (including phenoxy) is 1. The molecule has 1 saturated heterocycles. The van der Waals surface area contributed by atoms with Gasteiger partial charge in [0.15, 0.2) is 0 Å². The molecule has 2 atom stereocenters. The van der Waals surface area contributed by atoms with E-state index < -0.39 is 0 Å². The summed E-state index contributed by atoms with van der Waals surface area (Å²) >= 11 is 3.58. The van der Waals surface area contributed by atoms with Gasteiger partial charge in [0.25, 0.3) is 0 Å². The average Bonchev–Trinajstić information content (AvgIpc) is 2.85. The Balaban J connectivity index is 1.91. The molecule has 6 heteroatoms. The molecule has 2 rings (SSSR count). The van der Waals surface area contributed by atoms with E-state index >= 15 is 0 Å². The summed E-state index contributed by atoms with van der Waals surface area (Å²) < 4.78 is 8.83. The Morgan fingerprint density at radius 2 is 2.33 bits per heavy atom. The molecular formula is C15H27BrN4O. The minimum absolute atomic E-state index is 0.00886. The van der Waals surface area contributed by atoms with Crippen molar-refractivity contribution in [1.82, 2.24) is 14.7 Å². The molecular weight excluding hydrogens is 332 g/mol. The normalized spacial score (nSPS) is 20.9. The molecule has 0 bridgehead atoms. The van der Waals surface area contributed by atoms with Crippen LogP contribution in [0.5, 0.6) is 0 Å². The zero-order valence-electron chi connectivity index (χ0n) is 13.1. The lowest BCUT2D eigenvalue weighted by molar-refractivity contribution is 0.00900. The zero-order valence-corrected chi connectivity index (χ0v) is 14.7. The maximum absolute atomic E-state index is 6.40. The van der Waals surface area contributed by atoms with Gasteiger partial charge in [0.1, 0.15) is 0 Å². The summed E-state index contributed by atoms with van der Waals surface area (Å²) in [5.41, 5.74) is 7.51. The number of aromatic nitrogens is 2. The average molecular weight is 359 g/mol. The van der Waals surface area contributed by atoms with Gasteiger partial charge in [0.05, 0.1) is 29.0 Å². The summed E-state index contributed by atoms with van der Waals surface area (Å²) in [5.74, 6) is 0. The largest absolute Gasteiger partial charge is 0.378 e. The lowest BCUT2D eigenvalue weighted by Crippen LogP contribution is -2.25. The first-order valence-corrected chi connectivity index (χ1v) is 8.60. The van der Waals surface area contributed by atoms with Gasteiger partial charge in [-0.25, -0.2) is 0 Å². The van der Waals surface area contributed by atoms with Crippen molar-refractivity contribution >= 4 is 15.9 Å². The molecule has 0 radical (unpaired) electrons. The van der Waals surface area contributed by atoms with Crippen LogP contribution in [0.2, 0.25) is 0 Å². The van der Waals surface area contributed by atoms with Gasteiger partial charge in [-0.15, -0.1) is 0 Å². The van der Waals surface area contributed by atoms with E-state index in [-0.39, 0.29) is 6.04 Å². The summed E-state index contributed by atoms with van der Waals surface area (Å²) in [7, 11) is 4.14. The van der Waals surface area contributed by atoms with Gasteiger partial charge in [-0.2, -0.15) is 5.10 Å². The van der Waals surface area contributed by atoms with Gasteiger partial charge in [0, 0.05) is 19.2 Å². The molecule has 2 unspecified atom stereocenters. The highest BCUT2D eigenvalue weighted by Gasteiger charge is 2.20. The number of hydrogen-bond acceptors (Lipinski definition) is 4. The molecule has 1 aromatic rings. The standard InChI is InChI=1S/C15H27BrN4O/c1-19(2)8-9-20-15(13(16)11-18-20)14(17)7-6-12-5-3-4-10-21-12/h11-12,14H,3-10,17H2,1-2H3. The van der Waals surface area contributed by atoms with Crippen LogP contribution >= 0.6 is 15.9 Å². The van der Waals surface area contributed by atoms with E-state index in [2.05, 4.69) is 40.0 Å². The molecule has 0 spiro atoms. The second-order valence-corrected chi connectivity index (χ2v) is 6.93. The molecule has 2 N–H and O–H groups in total. The van der Waals surface area contributed by atoms with Crippen molar-refractivity contribution < 1.29 is 4.74 Å². The zero-order chi connectivity index (χ0) is 15.2. The summed E-state index contributed by atoms with van der Waals surface area (Å²) in [6, 6.07) is 0.00886. The van der Waals surface area contributed by atoms with Gasteiger partial charge < -0.3 is 15.4 Å². The van der Waals surface area contributed by atoms with Crippen LogP contribution in [0.25, 0.3) is 0 Å². The van der Waals surface area contributed by atoms with Crippen molar-refractivity contribution in [3.8, 4) is 0 Å². The maximum Gasteiger partial charge on any atom is 0.0694 e. The first-order chi connectivity index (χ1) is 10.1. The van der Waals surface area contributed by atoms with Crippen LogP contribution < -0.4 is 5.73 Å². The molecule has 5 nitrogen and oxygen atoms in total. The van der Waals surface area contributed by atoms with E-state index in [0.29, 0.717) is 6.10 Å². The third-order valence-electron chi connectivity index (χ3n) is 4.02. The Morgan fingerprint density at radius 1 is 1.52 bits per heavy atom. The molecule has 1 aromatic heterocycles. The van der Waals surface area contributed by atoms with Crippen LogP contribution in [0, 0.1) is 0 Å². The van der Waals surface area contributed by atoms with Crippen LogP contribution in [0.4, 0.5) is 0 Å². The monoisotopic (exact) mass is 358 g/mol. The van der Waals surface area contributed by atoms with Crippen molar-refractivity contribution in [2.75, 3.05) is 27.2 Å². The van der Waals surface area contributed by atoms with Crippen molar-refractivity contribution in [1.29, 1.82) is 0 Å². The molecule has 0 aromatic carbocycles. The van der Waals surface area contributed by atoms with Crippen LogP contribution in [-0.4, -0.2) is 48.0 Å². The fraction of sp³-hybridized carbons (Fsp3) is 0.800. The summed E-state index contributed by atoms with van der Waals surface area (Å²) in [6.45, 7) is 2.73. The molecule has 0 saturated carbocycles. The quantitative estimate of drug-likeness (QED) is 0.813. The third kappa shape index (κ3) is 5.06. The number of hydrogen-bond donors (Lipinski definition) is 1. The minimum Gasteiger partial charge on any atom is -0.378 e. The van der Waals surface area contributed by atoms with Gasteiger partial charge in [-0.1, -0.05) is 0 Å². The number of nitrogens with two attached hydrogens (primary N) is 1. The van der Waals surface area contributed by atoms with E-state index in [1.165, 1.54) is 19.3 Å². The predicted molar refractivity (Wildman–Crippen MR) is 88.2 cm³/mol. The molecule has 21 heavy (non-hydrogen) atoms. The number of rotatable bonds is 7. The van der Waals surface area contributed by atoms with Crippen molar-refractivity contribution in [2.45, 2.75) is 50.8 Å². The fourth-order valence-electron chi connectivity index (χ4n) is 2.75. The van der Waals surface area contributed by atoms with Crippen LogP contribution in [0.15, 0.2) is 10.7 Å². The Bertz CT molecular complexity index is 429. The molecule has 0 amide bonds. The second kappa shape index (κ2) is 8.27. The van der Waals surface area contributed by atoms with E-state index in [1.807, 2.05) is 10.9 Å². The van der Waals surface area contributed by atoms with Gasteiger partial charge >= 0.3 is 0 Å². The maximum atomic E-state index is 6.40. The molecule has 0 aliphatic carbocycles. The summed E-state index contributed by atoms with van der Waals surface area (Å²) in [4.78, 5) is 2.15. The fourth-order valence-corrected chi connectivity index (χ4v) is 3.34. The van der Waals surface area contributed by atoms with E-state index in [0.717, 1.165) is 42.7 Å². The van der Waals surface area contributed by atoms with E-state index in [1.54, 1.807) is 0 Å². The Morgan fingerprint density at radius 3 is 3.00 bits per heavy atom. The van der Waals surface area contributed by atoms with Gasteiger partial charge in [-0.3, -0.25) is 4.68 Å². The SMILES string of the molecule is CN(C)CCn1ncc(Br)c1C(N)CCC1CCCCO1. The summed E-state index contributed by atoms with van der Waals surface area (Å²) in [5, 5.41) is 4.44. The Hall–Kier alpha value is -0.430. The van der Waals surface area contributed by atoms with Crippen molar-refractivity contribution in [3.63, 3.8) is 0 Å². The van der Waals surface area contributed by atoms with Crippen LogP contribution in [-0.2, 0) is 11.3 Å². The lowest BCUT2D eigenvalue weighted by Gasteiger charge is -2.24. The summed E-state index contributed by atoms with van der Waals surface area (Å²) in [6.07, 6.45) is 7.87. The van der Waals surface area contributed by atoms with Crippen molar-refractivity contribution in [2.24, 2.45) is 5.73 Å². The second-order valence-electron chi connectivity index (χ2n) is 6.08. The highest BCUT2D eigenvalue weighted by atomic mass is 79.9. The predicted octanol–water partition coefficient (Wildman–Crippen LogP) is 2.56. The topological polar surface area (TPSA) is 56.3 Å².